The van der Waals surface area contributed by atoms with Crippen molar-refractivity contribution in [2.24, 2.45) is 0 Å². The number of anilines is 1. The Labute approximate surface area is 251 Å². The first-order chi connectivity index (χ1) is 21.3. The Bertz CT molecular complexity index is 2030. The number of nitrogen functional groups attached to an aromatic ring is 1. The van der Waals surface area contributed by atoms with Crippen LogP contribution in [0.5, 0.6) is 0 Å². The van der Waals surface area contributed by atoms with Crippen LogP contribution in [-0.2, 0) is 49.7 Å². The lowest BCUT2D eigenvalue weighted by atomic mass is 10.1. The molecule has 7 heterocycles. The van der Waals surface area contributed by atoms with Gasteiger partial charge in [0.1, 0.15) is 18.3 Å². The zero-order chi connectivity index (χ0) is 31.9. The van der Waals surface area contributed by atoms with Crippen molar-refractivity contribution in [3.63, 3.8) is 0 Å². The van der Waals surface area contributed by atoms with Gasteiger partial charge in [0.25, 0.3) is 11.1 Å². The average Bonchev–Trinajstić information content (AvgIpc) is 3.73. The van der Waals surface area contributed by atoms with Crippen molar-refractivity contribution in [3.8, 4) is 0 Å². The number of hydrogen-bond acceptors (Lipinski definition) is 16. The first kappa shape index (κ1) is 30.5. The van der Waals surface area contributed by atoms with Gasteiger partial charge < -0.3 is 34.5 Å². The first-order valence-electron chi connectivity index (χ1n) is 12.7. The third kappa shape index (κ3) is 5.11. The molecule has 0 saturated carbocycles. The van der Waals surface area contributed by atoms with E-state index in [0.717, 1.165) is 21.9 Å². The minimum atomic E-state index is -5.20. The summed E-state index contributed by atoms with van der Waals surface area (Å²) in [5.74, 6) is -0.359. The Balaban J connectivity index is 1.26. The Kier molecular flexibility index (Phi) is 7.25. The molecule has 7 rings (SSSR count). The third-order valence-corrected chi connectivity index (χ3v) is 9.75. The van der Waals surface area contributed by atoms with Crippen LogP contribution in [0, 0.1) is 0 Å². The average molecular weight is 696 g/mol. The summed E-state index contributed by atoms with van der Waals surface area (Å²) in [7, 11) is -5.20. The fourth-order valence-electron chi connectivity index (χ4n) is 5.19. The smallest absolute Gasteiger partial charge is 0.369 e. The summed E-state index contributed by atoms with van der Waals surface area (Å²) >= 11 is 5.17. The number of phosphoric ester groups is 1. The van der Waals surface area contributed by atoms with E-state index in [9.17, 15) is 23.9 Å². The number of alkyl halides is 2. The molecule has 21 nitrogen and oxygen atoms in total. The predicted octanol–water partition coefficient (Wildman–Crippen LogP) is -1.38. The van der Waals surface area contributed by atoms with E-state index in [0.29, 0.717) is 0 Å². The molecule has 0 radical (unpaired) electrons. The number of fused-ring (bicyclic) bond motifs is 5. The van der Waals surface area contributed by atoms with Gasteiger partial charge in [-0.3, -0.25) is 32.7 Å². The highest BCUT2D eigenvalue weighted by Gasteiger charge is 2.59. The molecule has 3 aliphatic heterocycles. The molecular weight excluding hydrogens is 676 g/mol. The summed E-state index contributed by atoms with van der Waals surface area (Å²) in [6, 6.07) is 0. The van der Waals surface area contributed by atoms with Crippen molar-refractivity contribution in [1.29, 1.82) is 0 Å². The number of aromatic amines is 2. The van der Waals surface area contributed by atoms with Gasteiger partial charge in [0.15, 0.2) is 40.9 Å². The molecule has 26 heteroatoms. The molecule has 3 aliphatic rings. The van der Waals surface area contributed by atoms with Crippen LogP contribution in [0.1, 0.15) is 6.23 Å². The largest absolute Gasteiger partial charge is 0.472 e. The molecular formula is C19H20F2N10O11P2S. The molecule has 6 N–H and O–H groups in total. The number of imidazole rings is 1. The Morgan fingerprint density at radius 1 is 1.11 bits per heavy atom. The van der Waals surface area contributed by atoms with E-state index in [2.05, 4.69) is 35.2 Å². The predicted molar refractivity (Wildman–Crippen MR) is 144 cm³/mol. The standard InChI is InChI=1S/C19H20F2N10O11P2S/c20-8-11-6(40-17(8)31-13-10(28-29-31)15(32)24-4-23-13)1-39-44(36,45)42-19(3-37-7(12(19)21)2-38-43(34,35)41-11)30-5-25-9-14(30)26-18(22)27-16(9)33/h4-8,11-12,17H,1-3H2,(H,34,35)(H,36,45)(H,23,24,32)(H3,22,26,27,33)/t6-,7-,8+,11-,12-,17-,19+,44?/m1/s1. The normalized spacial score (nSPS) is 37.7. The molecule has 2 bridgehead atoms. The molecule has 4 aromatic heterocycles. The number of hydrogen-bond donors (Lipinski definition) is 5. The second-order valence-corrected chi connectivity index (χ2v) is 14.1. The Morgan fingerprint density at radius 2 is 1.89 bits per heavy atom. The molecule has 3 saturated heterocycles. The summed E-state index contributed by atoms with van der Waals surface area (Å²) < 4.78 is 79.2. The van der Waals surface area contributed by atoms with Crippen molar-refractivity contribution >= 4 is 54.6 Å². The SMILES string of the molecule is Nc1nc2c(ncn2[C@@]23CO[C@H](COP(=O)(O)O[C@H]4[C@H](F)[C@H](n5nnc6c(=O)[nH]cnc65)O[C@@H]4COP(O)(=S)O2)[C@H]3F)c(=O)[nH]1. The summed E-state index contributed by atoms with van der Waals surface area (Å²) in [4.78, 5) is 62.4. The number of nitrogens with one attached hydrogen (secondary N) is 2. The van der Waals surface area contributed by atoms with Crippen LogP contribution < -0.4 is 16.9 Å². The zero-order valence-corrected chi connectivity index (χ0v) is 24.7. The van der Waals surface area contributed by atoms with Crippen LogP contribution in [0.3, 0.4) is 0 Å². The van der Waals surface area contributed by atoms with Crippen molar-refractivity contribution in [2.75, 3.05) is 25.6 Å². The molecule has 242 valence electrons. The number of nitrogens with two attached hydrogens (primary N) is 1. The van der Waals surface area contributed by atoms with Crippen LogP contribution in [-0.4, -0.2) is 105 Å². The van der Waals surface area contributed by atoms with Gasteiger partial charge in [-0.25, -0.2) is 23.3 Å². The van der Waals surface area contributed by atoms with Crippen molar-refractivity contribution in [1.82, 2.24) is 44.5 Å². The molecule has 45 heavy (non-hydrogen) atoms. The molecule has 0 spiro atoms. The molecule has 2 unspecified atom stereocenters. The minimum Gasteiger partial charge on any atom is -0.369 e. The van der Waals surface area contributed by atoms with Crippen LogP contribution in [0.2, 0.25) is 0 Å². The van der Waals surface area contributed by atoms with E-state index < -0.39 is 88.1 Å². The zero-order valence-electron chi connectivity index (χ0n) is 22.1. The summed E-state index contributed by atoms with van der Waals surface area (Å²) in [6.07, 6.45) is -9.59. The van der Waals surface area contributed by atoms with Crippen LogP contribution >= 0.6 is 14.5 Å². The van der Waals surface area contributed by atoms with Gasteiger partial charge in [-0.15, -0.1) is 5.10 Å². The van der Waals surface area contributed by atoms with E-state index in [1.807, 2.05) is 0 Å². The first-order valence-corrected chi connectivity index (χ1v) is 16.8. The Morgan fingerprint density at radius 3 is 2.69 bits per heavy atom. The van der Waals surface area contributed by atoms with E-state index in [4.69, 9.17) is 45.1 Å². The fraction of sp³-hybridized carbons (Fsp3) is 0.526. The van der Waals surface area contributed by atoms with Gasteiger partial charge in [0.05, 0.1) is 32.5 Å². The summed E-state index contributed by atoms with van der Waals surface area (Å²) in [5.41, 5.74) is 0.781. The topological polar surface area (TPSA) is 279 Å². The van der Waals surface area contributed by atoms with Crippen molar-refractivity contribution < 1.29 is 50.7 Å². The number of aromatic nitrogens is 9. The number of rotatable bonds is 2. The van der Waals surface area contributed by atoms with Crippen LogP contribution in [0.15, 0.2) is 22.2 Å². The number of ether oxygens (including phenoxy) is 2. The lowest BCUT2D eigenvalue weighted by Crippen LogP contribution is -2.46. The molecule has 9 atom stereocenters. The molecule has 0 aromatic carbocycles. The maximum atomic E-state index is 16.3. The monoisotopic (exact) mass is 696 g/mol. The molecule has 0 aliphatic carbocycles. The lowest BCUT2D eigenvalue weighted by molar-refractivity contribution is -0.0774. The van der Waals surface area contributed by atoms with Crippen LogP contribution in [0.25, 0.3) is 22.3 Å². The van der Waals surface area contributed by atoms with Gasteiger partial charge >= 0.3 is 14.5 Å². The van der Waals surface area contributed by atoms with Gasteiger partial charge in [-0.05, 0) is 11.8 Å². The highest BCUT2D eigenvalue weighted by Crippen LogP contribution is 2.56. The summed E-state index contributed by atoms with van der Waals surface area (Å²) in [6.45, 7) is -7.08. The van der Waals surface area contributed by atoms with E-state index >= 15 is 8.78 Å². The van der Waals surface area contributed by atoms with E-state index in [1.54, 1.807) is 0 Å². The van der Waals surface area contributed by atoms with Crippen LogP contribution in [0.4, 0.5) is 14.7 Å². The minimum absolute atomic E-state index is 0.189. The third-order valence-electron chi connectivity index (χ3n) is 7.20. The highest BCUT2D eigenvalue weighted by atomic mass is 32.5. The molecule has 3 fully saturated rings. The second kappa shape index (κ2) is 10.7. The number of H-pyrrole nitrogens is 2. The quantitative estimate of drug-likeness (QED) is 0.151. The highest BCUT2D eigenvalue weighted by molar-refractivity contribution is 8.07. The molecule has 0 amide bonds. The number of nitrogens with zero attached hydrogens (tertiary/aromatic N) is 7. The second-order valence-electron chi connectivity index (χ2n) is 9.97. The van der Waals surface area contributed by atoms with Gasteiger partial charge in [-0.2, -0.15) is 9.67 Å². The lowest BCUT2D eigenvalue weighted by Gasteiger charge is -2.34. The maximum Gasteiger partial charge on any atom is 0.472 e. The van der Waals surface area contributed by atoms with Gasteiger partial charge in [0, 0.05) is 0 Å². The van der Waals surface area contributed by atoms with E-state index in [1.165, 1.54) is 0 Å². The Hall–Kier alpha value is -3.15. The van der Waals surface area contributed by atoms with Crippen molar-refractivity contribution in [2.45, 2.75) is 42.6 Å². The van der Waals surface area contributed by atoms with E-state index in [-0.39, 0.29) is 28.3 Å². The maximum absolute atomic E-state index is 16.3. The number of halogens is 2. The fourth-order valence-corrected chi connectivity index (χ4v) is 7.74. The van der Waals surface area contributed by atoms with Gasteiger partial charge in [-0.1, -0.05) is 5.21 Å². The summed E-state index contributed by atoms with van der Waals surface area (Å²) in [5, 5.41) is 7.38. The van der Waals surface area contributed by atoms with Gasteiger partial charge in [0.2, 0.25) is 11.7 Å². The molecule has 4 aromatic rings. The number of phosphoric acid groups is 1. The van der Waals surface area contributed by atoms with Crippen molar-refractivity contribution in [3.05, 3.63) is 33.4 Å².